The van der Waals surface area contributed by atoms with Gasteiger partial charge in [-0.25, -0.2) is 4.98 Å². The van der Waals surface area contributed by atoms with E-state index < -0.39 is 0 Å². The third-order valence-corrected chi connectivity index (χ3v) is 2.86. The van der Waals surface area contributed by atoms with Gasteiger partial charge in [-0.3, -0.25) is 0 Å². The van der Waals surface area contributed by atoms with E-state index in [1.165, 1.54) is 5.56 Å². The molecule has 3 nitrogen and oxygen atoms in total. The van der Waals surface area contributed by atoms with Gasteiger partial charge in [0.1, 0.15) is 5.82 Å². The highest BCUT2D eigenvalue weighted by Gasteiger charge is 1.97. The normalized spacial score (nSPS) is 10.4. The number of anilines is 1. The van der Waals surface area contributed by atoms with Crippen molar-refractivity contribution >= 4 is 5.82 Å². The number of pyridine rings is 1. The van der Waals surface area contributed by atoms with E-state index in [0.717, 1.165) is 37.6 Å². The molecule has 0 atom stereocenters. The molecule has 0 radical (unpaired) electrons. The largest absolute Gasteiger partial charge is 0.366 e. The number of rotatable bonds is 7. The quantitative estimate of drug-likeness (QED) is 0.746. The van der Waals surface area contributed by atoms with Crippen LogP contribution in [0.4, 0.5) is 5.82 Å². The summed E-state index contributed by atoms with van der Waals surface area (Å²) in [6, 6.07) is 16.5. The van der Waals surface area contributed by atoms with Gasteiger partial charge in [0.15, 0.2) is 0 Å². The topological polar surface area (TPSA) is 37.0 Å². The van der Waals surface area contributed by atoms with Crippen molar-refractivity contribution in [2.24, 2.45) is 0 Å². The average Bonchev–Trinajstić information content (AvgIpc) is 2.47. The van der Waals surface area contributed by atoms with E-state index in [1.54, 1.807) is 0 Å². The van der Waals surface area contributed by atoms with Crippen LogP contribution in [-0.4, -0.2) is 11.5 Å². The Labute approximate surface area is 115 Å². The first kappa shape index (κ1) is 13.6. The summed E-state index contributed by atoms with van der Waals surface area (Å²) >= 11 is 0. The summed E-state index contributed by atoms with van der Waals surface area (Å²) in [5, 5.41) is 6.71. The molecule has 0 spiro atoms. The molecule has 1 aromatic carbocycles. The lowest BCUT2D eigenvalue weighted by Crippen LogP contribution is -2.15. The van der Waals surface area contributed by atoms with Crippen molar-refractivity contribution in [3.05, 3.63) is 59.8 Å². The Kier molecular flexibility index (Phi) is 5.38. The zero-order valence-corrected chi connectivity index (χ0v) is 11.4. The molecular weight excluding hydrogens is 234 g/mol. The average molecular weight is 255 g/mol. The molecule has 100 valence electrons. The Morgan fingerprint density at radius 1 is 0.947 bits per heavy atom. The standard InChI is InChI=1S/C16H21N3/c1-2-11-17-13-15-9-6-10-16(19-15)18-12-14-7-4-3-5-8-14/h3-10,17H,2,11-13H2,1H3,(H,18,19). The molecule has 0 bridgehead atoms. The Balaban J connectivity index is 1.88. The summed E-state index contributed by atoms with van der Waals surface area (Å²) in [5.41, 5.74) is 2.34. The van der Waals surface area contributed by atoms with Crippen molar-refractivity contribution in [1.82, 2.24) is 10.3 Å². The summed E-state index contributed by atoms with van der Waals surface area (Å²) in [6.45, 7) is 4.83. The van der Waals surface area contributed by atoms with Crippen molar-refractivity contribution in [3.63, 3.8) is 0 Å². The molecule has 19 heavy (non-hydrogen) atoms. The number of hydrogen-bond donors (Lipinski definition) is 2. The van der Waals surface area contributed by atoms with Crippen LogP contribution >= 0.6 is 0 Å². The maximum Gasteiger partial charge on any atom is 0.126 e. The van der Waals surface area contributed by atoms with Crippen LogP contribution in [-0.2, 0) is 13.1 Å². The van der Waals surface area contributed by atoms with Gasteiger partial charge in [0.25, 0.3) is 0 Å². The first-order valence-electron chi connectivity index (χ1n) is 6.83. The lowest BCUT2D eigenvalue weighted by atomic mass is 10.2. The molecule has 0 saturated heterocycles. The Morgan fingerprint density at radius 2 is 1.79 bits per heavy atom. The molecule has 0 unspecified atom stereocenters. The van der Waals surface area contributed by atoms with Gasteiger partial charge in [0, 0.05) is 13.1 Å². The Bertz CT molecular complexity index is 482. The van der Waals surface area contributed by atoms with Crippen LogP contribution in [0.1, 0.15) is 24.6 Å². The predicted octanol–water partition coefficient (Wildman–Crippen LogP) is 3.19. The SMILES string of the molecule is CCCNCc1cccc(NCc2ccccc2)n1. The van der Waals surface area contributed by atoms with Crippen LogP contribution in [0.5, 0.6) is 0 Å². The zero-order chi connectivity index (χ0) is 13.3. The highest BCUT2D eigenvalue weighted by Crippen LogP contribution is 2.07. The van der Waals surface area contributed by atoms with Crippen LogP contribution in [0.25, 0.3) is 0 Å². The Morgan fingerprint density at radius 3 is 2.58 bits per heavy atom. The highest BCUT2D eigenvalue weighted by molar-refractivity contribution is 5.36. The molecule has 0 aliphatic carbocycles. The van der Waals surface area contributed by atoms with Gasteiger partial charge in [-0.15, -0.1) is 0 Å². The maximum atomic E-state index is 4.59. The lowest BCUT2D eigenvalue weighted by Gasteiger charge is -2.08. The van der Waals surface area contributed by atoms with Gasteiger partial charge in [-0.2, -0.15) is 0 Å². The lowest BCUT2D eigenvalue weighted by molar-refractivity contribution is 0.664. The van der Waals surface area contributed by atoms with Crippen molar-refractivity contribution in [2.45, 2.75) is 26.4 Å². The predicted molar refractivity (Wildman–Crippen MR) is 80.0 cm³/mol. The summed E-state index contributed by atoms with van der Waals surface area (Å²) in [6.07, 6.45) is 1.14. The number of nitrogens with one attached hydrogen (secondary N) is 2. The second-order valence-corrected chi connectivity index (χ2v) is 4.53. The third kappa shape index (κ3) is 4.72. The molecular formula is C16H21N3. The monoisotopic (exact) mass is 255 g/mol. The first-order chi connectivity index (χ1) is 9.38. The molecule has 1 heterocycles. The van der Waals surface area contributed by atoms with Crippen LogP contribution in [0.2, 0.25) is 0 Å². The molecule has 0 aliphatic heterocycles. The zero-order valence-electron chi connectivity index (χ0n) is 11.4. The summed E-state index contributed by atoms with van der Waals surface area (Å²) in [5.74, 6) is 0.930. The minimum absolute atomic E-state index is 0.805. The molecule has 0 saturated carbocycles. The number of aromatic nitrogens is 1. The van der Waals surface area contributed by atoms with Crippen molar-refractivity contribution in [2.75, 3.05) is 11.9 Å². The second kappa shape index (κ2) is 7.54. The van der Waals surface area contributed by atoms with Gasteiger partial charge in [0.05, 0.1) is 5.69 Å². The molecule has 3 heteroatoms. The molecule has 1 aromatic heterocycles. The number of benzene rings is 1. The molecule has 0 amide bonds. The van der Waals surface area contributed by atoms with Gasteiger partial charge in [-0.05, 0) is 30.7 Å². The molecule has 2 aromatic rings. The first-order valence-corrected chi connectivity index (χ1v) is 6.83. The van der Waals surface area contributed by atoms with Crippen molar-refractivity contribution < 1.29 is 0 Å². The van der Waals surface area contributed by atoms with E-state index in [-0.39, 0.29) is 0 Å². The summed E-state index contributed by atoms with van der Waals surface area (Å²) < 4.78 is 0. The third-order valence-electron chi connectivity index (χ3n) is 2.86. The second-order valence-electron chi connectivity index (χ2n) is 4.53. The Hall–Kier alpha value is -1.87. The van der Waals surface area contributed by atoms with E-state index in [4.69, 9.17) is 0 Å². The van der Waals surface area contributed by atoms with E-state index in [2.05, 4.69) is 52.9 Å². The highest BCUT2D eigenvalue weighted by atomic mass is 15.0. The fourth-order valence-electron chi connectivity index (χ4n) is 1.86. The van der Waals surface area contributed by atoms with Gasteiger partial charge in [0.2, 0.25) is 0 Å². The van der Waals surface area contributed by atoms with E-state index in [1.807, 2.05) is 18.2 Å². The van der Waals surface area contributed by atoms with Crippen molar-refractivity contribution in [1.29, 1.82) is 0 Å². The fourth-order valence-corrected chi connectivity index (χ4v) is 1.86. The molecule has 2 N–H and O–H groups in total. The van der Waals surface area contributed by atoms with Crippen LogP contribution in [0.3, 0.4) is 0 Å². The molecule has 2 rings (SSSR count). The summed E-state index contributed by atoms with van der Waals surface area (Å²) in [7, 11) is 0. The van der Waals surface area contributed by atoms with Crippen LogP contribution in [0.15, 0.2) is 48.5 Å². The van der Waals surface area contributed by atoms with E-state index >= 15 is 0 Å². The number of hydrogen-bond acceptors (Lipinski definition) is 3. The van der Waals surface area contributed by atoms with Crippen LogP contribution < -0.4 is 10.6 Å². The fraction of sp³-hybridized carbons (Fsp3) is 0.312. The van der Waals surface area contributed by atoms with Crippen molar-refractivity contribution in [3.8, 4) is 0 Å². The van der Waals surface area contributed by atoms with Gasteiger partial charge in [-0.1, -0.05) is 43.3 Å². The minimum Gasteiger partial charge on any atom is -0.366 e. The van der Waals surface area contributed by atoms with Gasteiger partial charge < -0.3 is 10.6 Å². The van der Waals surface area contributed by atoms with E-state index in [9.17, 15) is 0 Å². The maximum absolute atomic E-state index is 4.59. The molecule has 0 aliphatic rings. The molecule has 0 fully saturated rings. The number of nitrogens with zero attached hydrogens (tertiary/aromatic N) is 1. The van der Waals surface area contributed by atoms with Gasteiger partial charge >= 0.3 is 0 Å². The smallest absolute Gasteiger partial charge is 0.126 e. The minimum atomic E-state index is 0.805. The van der Waals surface area contributed by atoms with E-state index in [0.29, 0.717) is 0 Å². The summed E-state index contributed by atoms with van der Waals surface area (Å²) in [4.78, 5) is 4.59. The van der Waals surface area contributed by atoms with Crippen LogP contribution in [0, 0.1) is 0 Å².